The number of H-pyrrole nitrogens is 1. The van der Waals surface area contributed by atoms with Crippen LogP contribution < -0.4 is 15.0 Å². The third kappa shape index (κ3) is 5.16. The number of rotatable bonds is 6. The summed E-state index contributed by atoms with van der Waals surface area (Å²) in [5.74, 6) is -2.45. The minimum atomic E-state index is -2.59. The molecule has 2 aromatic rings. The van der Waals surface area contributed by atoms with Crippen molar-refractivity contribution in [3.63, 3.8) is 0 Å². The Bertz CT molecular complexity index is 996. The quantitative estimate of drug-likeness (QED) is 0.674. The maximum Gasteiger partial charge on any atom is 0.253 e. The molecule has 2 N–H and O–H groups in total. The molecule has 1 fully saturated rings. The van der Waals surface area contributed by atoms with E-state index in [9.17, 15) is 17.8 Å². The van der Waals surface area contributed by atoms with E-state index in [1.54, 1.807) is 25.1 Å². The van der Waals surface area contributed by atoms with Crippen LogP contribution in [-0.2, 0) is 11.0 Å². The van der Waals surface area contributed by atoms with Gasteiger partial charge in [-0.2, -0.15) is 0 Å². The molecular formula is C20H25ClF2N2O3S. The fourth-order valence-electron chi connectivity index (χ4n) is 3.17. The van der Waals surface area contributed by atoms with Gasteiger partial charge in [-0.1, -0.05) is 11.6 Å². The Morgan fingerprint density at radius 1 is 1.34 bits per heavy atom. The Labute approximate surface area is 175 Å². The van der Waals surface area contributed by atoms with E-state index in [1.807, 2.05) is 20.8 Å². The fourth-order valence-corrected chi connectivity index (χ4v) is 4.20. The molecule has 160 valence electrons. The third-order valence-corrected chi connectivity index (χ3v) is 6.86. The predicted octanol–water partition coefficient (Wildman–Crippen LogP) is 4.72. The van der Waals surface area contributed by atoms with E-state index in [4.69, 9.17) is 16.3 Å². The zero-order valence-corrected chi connectivity index (χ0v) is 18.3. The van der Waals surface area contributed by atoms with Gasteiger partial charge in [0.25, 0.3) is 5.56 Å². The van der Waals surface area contributed by atoms with Gasteiger partial charge in [-0.05, 0) is 39.8 Å². The lowest BCUT2D eigenvalue weighted by Crippen LogP contribution is -2.38. The fraction of sp³-hybridized carbons (Fsp3) is 0.550. The number of benzene rings is 1. The maximum atomic E-state index is 12.9. The monoisotopic (exact) mass is 446 g/mol. The summed E-state index contributed by atoms with van der Waals surface area (Å²) in [6, 6.07) is 4.53. The zero-order valence-electron chi connectivity index (χ0n) is 16.8. The minimum Gasteiger partial charge on any atom is -0.492 e. The molecule has 1 aliphatic carbocycles. The number of ether oxygens (including phenoxy) is 1. The molecule has 0 aliphatic heterocycles. The number of fused-ring (bicyclic) bond motifs is 1. The molecule has 0 bridgehead atoms. The van der Waals surface area contributed by atoms with Gasteiger partial charge in [0, 0.05) is 41.8 Å². The highest BCUT2D eigenvalue weighted by Gasteiger charge is 2.45. The zero-order chi connectivity index (χ0) is 21.6. The van der Waals surface area contributed by atoms with Gasteiger partial charge in [-0.25, -0.2) is 17.7 Å². The normalized spacial score (nSPS) is 19.0. The number of nitrogens with one attached hydrogen (secondary N) is 2. The number of alkyl halides is 2. The molecule has 1 saturated carbocycles. The molecule has 0 spiro atoms. The van der Waals surface area contributed by atoms with Crippen molar-refractivity contribution >= 4 is 33.5 Å². The number of hydrogen-bond donors (Lipinski definition) is 2. The lowest BCUT2D eigenvalue weighted by molar-refractivity contribution is -0.119. The van der Waals surface area contributed by atoms with Crippen LogP contribution in [0, 0.1) is 5.92 Å². The van der Waals surface area contributed by atoms with Crippen molar-refractivity contribution in [2.24, 2.45) is 5.92 Å². The molecule has 1 heterocycles. The first-order chi connectivity index (χ1) is 13.4. The van der Waals surface area contributed by atoms with Crippen molar-refractivity contribution in [2.45, 2.75) is 57.2 Å². The van der Waals surface area contributed by atoms with Gasteiger partial charge in [0.2, 0.25) is 5.92 Å². The Hall–Kier alpha value is -1.51. The summed E-state index contributed by atoms with van der Waals surface area (Å²) in [5.41, 5.74) is 0.660. The summed E-state index contributed by atoms with van der Waals surface area (Å²) in [6.07, 6.45) is -0.363. The molecule has 0 amide bonds. The largest absolute Gasteiger partial charge is 0.492 e. The molecule has 1 aromatic heterocycles. The minimum absolute atomic E-state index is 0.155. The van der Waals surface area contributed by atoms with Crippen LogP contribution in [0.3, 0.4) is 0 Å². The van der Waals surface area contributed by atoms with E-state index in [2.05, 4.69) is 9.71 Å². The number of hydrogen-bond acceptors (Lipinski definition) is 3. The summed E-state index contributed by atoms with van der Waals surface area (Å²) in [5, 5.41) is 1.03. The van der Waals surface area contributed by atoms with Gasteiger partial charge in [-0.15, -0.1) is 0 Å². The molecule has 3 rings (SSSR count). The summed E-state index contributed by atoms with van der Waals surface area (Å²) >= 11 is 6.29. The van der Waals surface area contributed by atoms with Crippen LogP contribution in [0.5, 0.6) is 5.75 Å². The SMILES string of the molecule is CC(NS(=O)C(C)(C)C)c1cc2cc(Cl)c(OCC3CC(F)(F)C3)cc2[nH]c1=O. The molecule has 0 radical (unpaired) electrons. The van der Waals surface area contributed by atoms with Gasteiger partial charge in [-0.3, -0.25) is 4.79 Å². The Kier molecular flexibility index (Phi) is 6.09. The van der Waals surface area contributed by atoms with Crippen molar-refractivity contribution in [1.82, 2.24) is 9.71 Å². The van der Waals surface area contributed by atoms with Crippen molar-refractivity contribution < 1.29 is 17.7 Å². The third-order valence-electron chi connectivity index (χ3n) is 4.88. The highest BCUT2D eigenvalue weighted by atomic mass is 35.5. The Morgan fingerprint density at radius 3 is 2.59 bits per heavy atom. The Balaban J connectivity index is 1.79. The van der Waals surface area contributed by atoms with Crippen LogP contribution >= 0.6 is 11.6 Å². The second kappa shape index (κ2) is 7.96. The van der Waals surface area contributed by atoms with Crippen LogP contribution in [0.15, 0.2) is 23.0 Å². The highest BCUT2D eigenvalue weighted by Crippen LogP contribution is 2.42. The van der Waals surface area contributed by atoms with Crippen LogP contribution in [0.2, 0.25) is 5.02 Å². The summed E-state index contributed by atoms with van der Waals surface area (Å²) in [6.45, 7) is 7.47. The average Bonchev–Trinajstić information content (AvgIpc) is 2.57. The number of pyridine rings is 1. The first-order valence-corrected chi connectivity index (χ1v) is 10.9. The van der Waals surface area contributed by atoms with E-state index in [0.717, 1.165) is 0 Å². The summed E-state index contributed by atoms with van der Waals surface area (Å²) in [4.78, 5) is 15.3. The average molecular weight is 447 g/mol. The lowest BCUT2D eigenvalue weighted by Gasteiger charge is -2.34. The van der Waals surface area contributed by atoms with Gasteiger partial charge in [0.05, 0.1) is 32.9 Å². The lowest BCUT2D eigenvalue weighted by atomic mass is 9.82. The van der Waals surface area contributed by atoms with Gasteiger partial charge >= 0.3 is 0 Å². The van der Waals surface area contributed by atoms with Crippen molar-refractivity contribution in [3.05, 3.63) is 39.1 Å². The topological polar surface area (TPSA) is 71.2 Å². The van der Waals surface area contributed by atoms with E-state index < -0.39 is 27.7 Å². The van der Waals surface area contributed by atoms with Crippen LogP contribution in [-0.4, -0.2) is 26.5 Å². The van der Waals surface area contributed by atoms with E-state index in [1.165, 1.54) is 0 Å². The molecule has 2 atom stereocenters. The first kappa shape index (κ1) is 22.2. The van der Waals surface area contributed by atoms with Gasteiger partial charge < -0.3 is 9.72 Å². The van der Waals surface area contributed by atoms with Crippen molar-refractivity contribution in [3.8, 4) is 5.75 Å². The molecule has 9 heteroatoms. The number of aromatic amines is 1. The Morgan fingerprint density at radius 2 is 2.00 bits per heavy atom. The van der Waals surface area contributed by atoms with E-state index >= 15 is 0 Å². The highest BCUT2D eigenvalue weighted by molar-refractivity contribution is 7.84. The molecular weight excluding hydrogens is 422 g/mol. The van der Waals surface area contributed by atoms with Crippen molar-refractivity contribution in [2.75, 3.05) is 6.61 Å². The molecule has 29 heavy (non-hydrogen) atoms. The molecule has 0 saturated heterocycles. The van der Waals surface area contributed by atoms with E-state index in [0.29, 0.717) is 27.2 Å². The summed E-state index contributed by atoms with van der Waals surface area (Å²) in [7, 11) is -1.33. The molecule has 1 aromatic carbocycles. The predicted molar refractivity (Wildman–Crippen MR) is 112 cm³/mol. The molecule has 2 unspecified atom stereocenters. The number of aromatic nitrogens is 1. The van der Waals surface area contributed by atoms with Crippen molar-refractivity contribution in [1.29, 1.82) is 0 Å². The first-order valence-electron chi connectivity index (χ1n) is 9.41. The van der Waals surface area contributed by atoms with E-state index in [-0.39, 0.29) is 30.9 Å². The van der Waals surface area contributed by atoms with Gasteiger partial charge in [0.15, 0.2) is 0 Å². The second-order valence-electron chi connectivity index (χ2n) is 8.59. The molecule has 5 nitrogen and oxygen atoms in total. The molecule has 1 aliphatic rings. The standard InChI is InChI=1S/C20H25ClF2N2O3S/c1-11(25-29(27)19(2,3)4)14-5-13-6-15(21)17(7-16(13)24-18(14)26)28-10-12-8-20(22,23)9-12/h5-7,11-12,25H,8-10H2,1-4H3,(H,24,26). The van der Waals surface area contributed by atoms with Crippen LogP contribution in [0.25, 0.3) is 10.9 Å². The number of halogens is 3. The second-order valence-corrected chi connectivity index (χ2v) is 11.0. The summed E-state index contributed by atoms with van der Waals surface area (Å²) < 4.78 is 46.3. The van der Waals surface area contributed by atoms with Gasteiger partial charge in [0.1, 0.15) is 5.75 Å². The smallest absolute Gasteiger partial charge is 0.253 e. The van der Waals surface area contributed by atoms with Crippen LogP contribution in [0.4, 0.5) is 8.78 Å². The van der Waals surface area contributed by atoms with Crippen LogP contribution in [0.1, 0.15) is 52.1 Å². The maximum absolute atomic E-state index is 12.9.